The molecule has 2 rings (SSSR count). The van der Waals surface area contributed by atoms with E-state index in [4.69, 9.17) is 17.0 Å². The van der Waals surface area contributed by atoms with E-state index < -0.39 is 11.7 Å². The number of hydrogen-bond donors (Lipinski definition) is 5. The van der Waals surface area contributed by atoms with Gasteiger partial charge < -0.3 is 11.1 Å². The molecule has 0 saturated heterocycles. The van der Waals surface area contributed by atoms with E-state index in [1.807, 2.05) is 13.8 Å². The topological polar surface area (TPSA) is 117 Å². The van der Waals surface area contributed by atoms with Crippen molar-refractivity contribution in [2.75, 3.05) is 11.9 Å². The molecule has 0 heterocycles. The maximum atomic E-state index is 12.5. The molecule has 2 aromatic carbocycles. The first-order chi connectivity index (χ1) is 20.1. The molecule has 0 radical (unpaired) electrons. The van der Waals surface area contributed by atoms with Gasteiger partial charge in [0, 0.05) is 16.9 Å². The van der Waals surface area contributed by atoms with E-state index in [2.05, 4.69) is 24.6 Å². The standard InChI is InChI=1S/C14H12F3N3.C14H30.C3H8N2O.C2H6/c15-14(16,17)9-5-7-10(8-6-9)20-12-4-2-1-3-11(12)13(18)19;1-3-5-7-9-11-13-14-12-10-8-6-4-2;1-3(6)2-5-4;1-2/h1-8,20H,(H3,18,19);3-14H2,1-2H3;5H,2,4H2,1H3;1-2H3. The van der Waals surface area contributed by atoms with Crippen molar-refractivity contribution in [2.24, 2.45) is 11.6 Å². The van der Waals surface area contributed by atoms with Gasteiger partial charge >= 0.3 is 6.18 Å². The third-order valence-corrected chi connectivity index (χ3v) is 6.02. The van der Waals surface area contributed by atoms with Crippen LogP contribution in [0.4, 0.5) is 24.5 Å². The lowest BCUT2D eigenvalue weighted by molar-refractivity contribution is -0.137. The number of benzene rings is 2. The molecule has 42 heavy (non-hydrogen) atoms. The molecular formula is C33H56F3N5O. The van der Waals surface area contributed by atoms with Crippen LogP contribution in [0.2, 0.25) is 0 Å². The molecule has 0 aliphatic heterocycles. The van der Waals surface area contributed by atoms with E-state index in [0.29, 0.717) is 16.9 Å². The smallest absolute Gasteiger partial charge is 0.384 e. The van der Waals surface area contributed by atoms with Crippen LogP contribution in [0.3, 0.4) is 0 Å². The predicted octanol–water partition coefficient (Wildman–Crippen LogP) is 9.51. The number of Topliss-reactive ketones (excluding diaryl/α,β-unsaturated/α-hetero) is 1. The zero-order chi connectivity index (χ0) is 32.2. The Morgan fingerprint density at radius 2 is 1.21 bits per heavy atom. The van der Waals surface area contributed by atoms with E-state index in [-0.39, 0.29) is 18.2 Å². The van der Waals surface area contributed by atoms with Gasteiger partial charge in [-0.1, -0.05) is 117 Å². The molecule has 0 spiro atoms. The molecule has 0 fully saturated rings. The minimum atomic E-state index is -4.35. The number of nitrogen functional groups attached to an aromatic ring is 1. The fourth-order valence-electron chi connectivity index (χ4n) is 3.78. The highest BCUT2D eigenvalue weighted by atomic mass is 19.4. The van der Waals surface area contributed by atoms with Crippen LogP contribution < -0.4 is 22.3 Å². The monoisotopic (exact) mass is 595 g/mol. The van der Waals surface area contributed by atoms with E-state index >= 15 is 0 Å². The molecule has 9 heteroatoms. The summed E-state index contributed by atoms with van der Waals surface area (Å²) in [6, 6.07) is 11.5. The summed E-state index contributed by atoms with van der Waals surface area (Å²) < 4.78 is 37.4. The second-order valence-corrected chi connectivity index (χ2v) is 9.78. The summed E-state index contributed by atoms with van der Waals surface area (Å²) in [5.41, 5.74) is 8.51. The first-order valence-electron chi connectivity index (χ1n) is 15.4. The average molecular weight is 596 g/mol. The highest BCUT2D eigenvalue weighted by molar-refractivity contribution is 6.00. The molecule has 0 unspecified atom stereocenters. The minimum Gasteiger partial charge on any atom is -0.384 e. The molecule has 0 aliphatic rings. The number of carbonyl (C=O) groups excluding carboxylic acids is 1. The molecule has 0 saturated carbocycles. The molecular weight excluding hydrogens is 539 g/mol. The van der Waals surface area contributed by atoms with Crippen LogP contribution in [0.1, 0.15) is 123 Å². The Morgan fingerprint density at radius 1 is 0.786 bits per heavy atom. The SMILES string of the molecule is CC.CC(=O)CNN.CCCCCCCCCCCCCC.N=C(N)c1ccccc1Nc1ccc(C(F)(F)F)cc1. The second-order valence-electron chi connectivity index (χ2n) is 9.78. The number of hydrazine groups is 1. The third kappa shape index (κ3) is 22.7. The molecule has 240 valence electrons. The first kappa shape index (κ1) is 41.2. The predicted molar refractivity (Wildman–Crippen MR) is 173 cm³/mol. The summed E-state index contributed by atoms with van der Waals surface area (Å²) in [5.74, 6) is 4.70. The summed E-state index contributed by atoms with van der Waals surface area (Å²) in [7, 11) is 0. The highest BCUT2D eigenvalue weighted by Gasteiger charge is 2.29. The quantitative estimate of drug-likeness (QED) is 0.0435. The number of rotatable bonds is 16. The number of anilines is 2. The number of ketones is 1. The van der Waals surface area contributed by atoms with Crippen molar-refractivity contribution in [2.45, 2.75) is 118 Å². The Balaban J connectivity index is 0. The lowest BCUT2D eigenvalue weighted by atomic mass is 10.1. The summed E-state index contributed by atoms with van der Waals surface area (Å²) in [5, 5.41) is 10.4. The average Bonchev–Trinajstić information content (AvgIpc) is 2.96. The molecule has 0 atom stereocenters. The number of hydrogen-bond acceptors (Lipinski definition) is 5. The fraction of sp³-hybridized carbons (Fsp3) is 0.576. The van der Waals surface area contributed by atoms with Crippen LogP contribution in [-0.4, -0.2) is 18.2 Å². The van der Waals surface area contributed by atoms with Gasteiger partial charge in [-0.15, -0.1) is 0 Å². The van der Waals surface area contributed by atoms with E-state index in [0.717, 1.165) is 12.1 Å². The zero-order valence-corrected chi connectivity index (χ0v) is 26.5. The lowest BCUT2D eigenvalue weighted by Gasteiger charge is -2.12. The van der Waals surface area contributed by atoms with Crippen molar-refractivity contribution < 1.29 is 18.0 Å². The Kier molecular flexibility index (Phi) is 26.5. The molecule has 0 bridgehead atoms. The summed E-state index contributed by atoms with van der Waals surface area (Å²) >= 11 is 0. The maximum absolute atomic E-state index is 12.5. The molecule has 0 aliphatic carbocycles. The second kappa shape index (κ2) is 27.0. The number of carbonyl (C=O) groups is 1. The van der Waals surface area contributed by atoms with Crippen molar-refractivity contribution in [3.63, 3.8) is 0 Å². The van der Waals surface area contributed by atoms with Crippen molar-refractivity contribution >= 4 is 23.0 Å². The van der Waals surface area contributed by atoms with Gasteiger partial charge in [0.05, 0.1) is 12.1 Å². The van der Waals surface area contributed by atoms with Crippen LogP contribution in [0.25, 0.3) is 0 Å². The van der Waals surface area contributed by atoms with E-state index in [9.17, 15) is 18.0 Å². The number of nitrogens with two attached hydrogens (primary N) is 2. The third-order valence-electron chi connectivity index (χ3n) is 6.02. The van der Waals surface area contributed by atoms with Crippen molar-refractivity contribution in [3.8, 4) is 0 Å². The van der Waals surface area contributed by atoms with Gasteiger partial charge in [-0.3, -0.25) is 21.5 Å². The van der Waals surface area contributed by atoms with Gasteiger partial charge in [-0.2, -0.15) is 13.2 Å². The van der Waals surface area contributed by atoms with Crippen LogP contribution in [0.15, 0.2) is 48.5 Å². The van der Waals surface area contributed by atoms with Crippen LogP contribution in [0.5, 0.6) is 0 Å². The van der Waals surface area contributed by atoms with Crippen molar-refractivity contribution in [1.82, 2.24) is 5.43 Å². The van der Waals surface area contributed by atoms with Crippen molar-refractivity contribution in [1.29, 1.82) is 5.41 Å². The molecule has 0 aromatic heterocycles. The Labute approximate surface area is 252 Å². The molecule has 7 N–H and O–H groups in total. The number of alkyl halides is 3. The minimum absolute atomic E-state index is 0.0532. The van der Waals surface area contributed by atoms with Gasteiger partial charge in [0.25, 0.3) is 0 Å². The van der Waals surface area contributed by atoms with E-state index in [1.165, 1.54) is 96.1 Å². The fourth-order valence-corrected chi connectivity index (χ4v) is 3.78. The van der Waals surface area contributed by atoms with Gasteiger partial charge in [0.2, 0.25) is 0 Å². The molecule has 0 amide bonds. The number of halogens is 3. The number of para-hydroxylation sites is 1. The lowest BCUT2D eigenvalue weighted by Crippen LogP contribution is -2.27. The van der Waals surface area contributed by atoms with Gasteiger partial charge in [0.15, 0.2) is 0 Å². The van der Waals surface area contributed by atoms with Crippen LogP contribution in [0, 0.1) is 5.41 Å². The highest BCUT2D eigenvalue weighted by Crippen LogP contribution is 2.30. The number of nitrogens with one attached hydrogen (secondary N) is 3. The largest absolute Gasteiger partial charge is 0.416 e. The first-order valence-corrected chi connectivity index (χ1v) is 15.4. The van der Waals surface area contributed by atoms with Crippen molar-refractivity contribution in [3.05, 3.63) is 59.7 Å². The zero-order valence-electron chi connectivity index (χ0n) is 26.5. The maximum Gasteiger partial charge on any atom is 0.416 e. The summed E-state index contributed by atoms with van der Waals surface area (Å²) in [4.78, 5) is 9.90. The Bertz CT molecular complexity index is 922. The van der Waals surface area contributed by atoms with Gasteiger partial charge in [-0.05, 0) is 43.3 Å². The Morgan fingerprint density at radius 3 is 1.55 bits per heavy atom. The van der Waals surface area contributed by atoms with Crippen LogP contribution in [-0.2, 0) is 11.0 Å². The summed E-state index contributed by atoms with van der Waals surface area (Å²) in [6.07, 6.45) is 13.1. The van der Waals surface area contributed by atoms with Crippen LogP contribution >= 0.6 is 0 Å². The van der Waals surface area contributed by atoms with E-state index in [1.54, 1.807) is 24.3 Å². The Hall–Kier alpha value is -2.91. The van der Waals surface area contributed by atoms with Gasteiger partial charge in [-0.25, -0.2) is 0 Å². The molecule has 2 aromatic rings. The normalized spacial score (nSPS) is 10.2. The summed E-state index contributed by atoms with van der Waals surface area (Å²) in [6.45, 7) is 10.3. The molecule has 6 nitrogen and oxygen atoms in total. The number of amidine groups is 1. The number of unbranched alkanes of at least 4 members (excludes halogenated alkanes) is 11. The van der Waals surface area contributed by atoms with Gasteiger partial charge in [0.1, 0.15) is 11.6 Å².